The molecule has 7 heteroatoms. The summed E-state index contributed by atoms with van der Waals surface area (Å²) in [6.45, 7) is 5.52. The largest absolute Gasteiger partial charge is 0.497 e. The fraction of sp³-hybridized carbons (Fsp3) is 0.294. The molecule has 1 amide bonds. The summed E-state index contributed by atoms with van der Waals surface area (Å²) in [5, 5.41) is 11.8. The summed E-state index contributed by atoms with van der Waals surface area (Å²) in [7, 11) is 1.53. The topological polar surface area (TPSA) is 84.9 Å². The third kappa shape index (κ3) is 4.26. The smallest absolute Gasteiger partial charge is 0.345 e. The monoisotopic (exact) mass is 349 g/mol. The van der Waals surface area contributed by atoms with Gasteiger partial charge in [-0.2, -0.15) is 0 Å². The maximum Gasteiger partial charge on any atom is 0.345 e. The van der Waals surface area contributed by atoms with Crippen LogP contribution < -0.4 is 14.8 Å². The zero-order valence-corrected chi connectivity index (χ0v) is 14.7. The summed E-state index contributed by atoms with van der Waals surface area (Å²) >= 11 is 1.07. The minimum Gasteiger partial charge on any atom is -0.497 e. The molecule has 0 fully saturated rings. The number of nitrogens with one attached hydrogen (secondary N) is 1. The number of hydrogen-bond donors (Lipinski definition) is 2. The Morgan fingerprint density at radius 2 is 1.83 bits per heavy atom. The molecule has 128 valence electrons. The average molecular weight is 349 g/mol. The lowest BCUT2D eigenvalue weighted by Gasteiger charge is -2.13. The lowest BCUT2D eigenvalue weighted by atomic mass is 10.2. The zero-order chi connectivity index (χ0) is 17.9. The van der Waals surface area contributed by atoms with Gasteiger partial charge in [-0.25, -0.2) is 4.79 Å². The van der Waals surface area contributed by atoms with Gasteiger partial charge in [0.1, 0.15) is 16.4 Å². The molecular formula is C17H19NO5S. The van der Waals surface area contributed by atoms with Crippen LogP contribution in [0.25, 0.3) is 0 Å². The molecule has 24 heavy (non-hydrogen) atoms. The molecule has 0 aliphatic rings. The maximum atomic E-state index is 12.4. The van der Waals surface area contributed by atoms with E-state index in [0.717, 1.165) is 11.3 Å². The van der Waals surface area contributed by atoms with Crippen LogP contribution in [0.1, 0.15) is 38.8 Å². The van der Waals surface area contributed by atoms with Crippen molar-refractivity contribution in [1.29, 1.82) is 0 Å². The summed E-state index contributed by atoms with van der Waals surface area (Å²) in [5.41, 5.74) is 0.851. The van der Waals surface area contributed by atoms with Crippen LogP contribution >= 0.6 is 11.3 Å². The molecule has 6 nitrogen and oxygen atoms in total. The van der Waals surface area contributed by atoms with Crippen LogP contribution in [0.3, 0.4) is 0 Å². The predicted molar refractivity (Wildman–Crippen MR) is 92.7 cm³/mol. The summed E-state index contributed by atoms with van der Waals surface area (Å²) in [4.78, 5) is 24.2. The van der Waals surface area contributed by atoms with E-state index in [1.807, 2.05) is 13.8 Å². The van der Waals surface area contributed by atoms with E-state index in [2.05, 4.69) is 5.32 Å². The molecule has 0 aliphatic heterocycles. The van der Waals surface area contributed by atoms with Gasteiger partial charge in [0.15, 0.2) is 0 Å². The lowest BCUT2D eigenvalue weighted by Crippen LogP contribution is -2.13. The number of aromatic carboxylic acids is 1. The van der Waals surface area contributed by atoms with Gasteiger partial charge in [-0.1, -0.05) is 0 Å². The second-order valence-electron chi connectivity index (χ2n) is 5.40. The number of ether oxygens (including phenoxy) is 2. The highest BCUT2D eigenvalue weighted by Gasteiger charge is 2.17. The standard InChI is InChI=1S/C17H19NO5S/c1-9(2)23-13-6-11(5-12(7-13)22-4)18-16(19)14-8-15(17(20)21)24-10(14)3/h5-9H,1-4H3,(H,18,19)(H,20,21). The number of benzene rings is 1. The van der Waals surface area contributed by atoms with Gasteiger partial charge in [0.05, 0.1) is 18.8 Å². The molecule has 1 aromatic carbocycles. The van der Waals surface area contributed by atoms with Gasteiger partial charge in [0, 0.05) is 28.8 Å². The number of anilines is 1. The second kappa shape index (κ2) is 7.35. The normalized spacial score (nSPS) is 10.5. The van der Waals surface area contributed by atoms with E-state index in [9.17, 15) is 9.59 Å². The Hall–Kier alpha value is -2.54. The minimum atomic E-state index is -1.05. The third-order valence-corrected chi connectivity index (χ3v) is 4.16. The third-order valence-electron chi connectivity index (χ3n) is 3.12. The lowest BCUT2D eigenvalue weighted by molar-refractivity contribution is 0.0702. The molecule has 2 rings (SSSR count). The van der Waals surface area contributed by atoms with Crippen LogP contribution in [0, 0.1) is 6.92 Å². The highest BCUT2D eigenvalue weighted by atomic mass is 32.1. The Bertz CT molecular complexity index is 766. The number of carbonyl (C=O) groups excluding carboxylic acids is 1. The van der Waals surface area contributed by atoms with E-state index in [1.165, 1.54) is 13.2 Å². The van der Waals surface area contributed by atoms with Crippen molar-refractivity contribution in [1.82, 2.24) is 0 Å². The first-order valence-electron chi connectivity index (χ1n) is 7.31. The molecule has 0 radical (unpaired) electrons. The Balaban J connectivity index is 2.26. The number of methoxy groups -OCH3 is 1. The Morgan fingerprint density at radius 3 is 2.38 bits per heavy atom. The van der Waals surface area contributed by atoms with Crippen LogP contribution in [0.4, 0.5) is 5.69 Å². The first-order chi connectivity index (χ1) is 11.3. The number of thiophene rings is 1. The van der Waals surface area contributed by atoms with Crippen LogP contribution in [0.5, 0.6) is 11.5 Å². The number of aryl methyl sites for hydroxylation is 1. The van der Waals surface area contributed by atoms with E-state index < -0.39 is 5.97 Å². The number of hydrogen-bond acceptors (Lipinski definition) is 5. The fourth-order valence-electron chi connectivity index (χ4n) is 2.11. The average Bonchev–Trinajstić information content (AvgIpc) is 2.88. The van der Waals surface area contributed by atoms with Gasteiger partial charge >= 0.3 is 5.97 Å². The van der Waals surface area contributed by atoms with Crippen molar-refractivity contribution in [3.63, 3.8) is 0 Å². The van der Waals surface area contributed by atoms with Crippen molar-refractivity contribution in [3.8, 4) is 11.5 Å². The molecule has 0 spiro atoms. The van der Waals surface area contributed by atoms with Crippen molar-refractivity contribution >= 4 is 28.9 Å². The molecule has 1 aromatic heterocycles. The Kier molecular flexibility index (Phi) is 5.46. The van der Waals surface area contributed by atoms with Crippen molar-refractivity contribution in [2.75, 3.05) is 12.4 Å². The molecule has 0 saturated carbocycles. The molecular weight excluding hydrogens is 330 g/mol. The van der Waals surface area contributed by atoms with Crippen LogP contribution in [-0.4, -0.2) is 30.2 Å². The molecule has 2 aromatic rings. The minimum absolute atomic E-state index is 0.0158. The summed E-state index contributed by atoms with van der Waals surface area (Å²) in [6, 6.07) is 6.47. The Labute approximate surface area is 144 Å². The van der Waals surface area contributed by atoms with Crippen LogP contribution in [0.2, 0.25) is 0 Å². The SMILES string of the molecule is COc1cc(NC(=O)c2cc(C(=O)O)sc2C)cc(OC(C)C)c1. The quantitative estimate of drug-likeness (QED) is 0.828. The maximum absolute atomic E-state index is 12.4. The molecule has 0 aliphatic carbocycles. The van der Waals surface area contributed by atoms with E-state index in [4.69, 9.17) is 14.6 Å². The van der Waals surface area contributed by atoms with Crippen molar-refractivity contribution in [2.24, 2.45) is 0 Å². The highest BCUT2D eigenvalue weighted by molar-refractivity contribution is 7.14. The van der Waals surface area contributed by atoms with Gasteiger partial charge in [-0.05, 0) is 26.8 Å². The number of rotatable bonds is 6. The summed E-state index contributed by atoms with van der Waals surface area (Å²) < 4.78 is 10.9. The number of carboxylic acids is 1. The number of carbonyl (C=O) groups is 2. The first-order valence-corrected chi connectivity index (χ1v) is 8.12. The van der Waals surface area contributed by atoms with Crippen LogP contribution in [0.15, 0.2) is 24.3 Å². The number of amides is 1. The van der Waals surface area contributed by atoms with Gasteiger partial charge in [0.2, 0.25) is 0 Å². The predicted octanol–water partition coefficient (Wildman–Crippen LogP) is 3.80. The van der Waals surface area contributed by atoms with E-state index in [-0.39, 0.29) is 16.9 Å². The second-order valence-corrected chi connectivity index (χ2v) is 6.66. The van der Waals surface area contributed by atoms with Gasteiger partial charge in [-0.3, -0.25) is 4.79 Å². The molecule has 1 heterocycles. The molecule has 0 saturated heterocycles. The van der Waals surface area contributed by atoms with Gasteiger partial charge < -0.3 is 19.9 Å². The van der Waals surface area contributed by atoms with Crippen molar-refractivity contribution in [2.45, 2.75) is 26.9 Å². The fourth-order valence-corrected chi connectivity index (χ4v) is 2.97. The molecule has 0 bridgehead atoms. The van der Waals surface area contributed by atoms with Gasteiger partial charge in [0.25, 0.3) is 5.91 Å². The van der Waals surface area contributed by atoms with Crippen molar-refractivity contribution < 1.29 is 24.2 Å². The molecule has 0 atom stereocenters. The molecule has 2 N–H and O–H groups in total. The van der Waals surface area contributed by atoms with Crippen LogP contribution in [-0.2, 0) is 0 Å². The van der Waals surface area contributed by atoms with E-state index in [1.54, 1.807) is 25.1 Å². The van der Waals surface area contributed by atoms with E-state index >= 15 is 0 Å². The van der Waals surface area contributed by atoms with Crippen molar-refractivity contribution in [3.05, 3.63) is 39.6 Å². The Morgan fingerprint density at radius 1 is 1.17 bits per heavy atom. The molecule has 0 unspecified atom stereocenters. The van der Waals surface area contributed by atoms with Gasteiger partial charge in [-0.15, -0.1) is 11.3 Å². The first kappa shape index (κ1) is 17.8. The number of carboxylic acid groups (broad SMARTS) is 1. The summed E-state index contributed by atoms with van der Waals surface area (Å²) in [6.07, 6.45) is -0.0158. The zero-order valence-electron chi connectivity index (χ0n) is 13.9. The van der Waals surface area contributed by atoms with E-state index in [0.29, 0.717) is 27.6 Å². The highest BCUT2D eigenvalue weighted by Crippen LogP contribution is 2.28. The summed E-state index contributed by atoms with van der Waals surface area (Å²) in [5.74, 6) is -0.291.